The van der Waals surface area contributed by atoms with E-state index in [4.69, 9.17) is 4.74 Å². The van der Waals surface area contributed by atoms with Gasteiger partial charge in [0.15, 0.2) is 0 Å². The first-order valence-electron chi connectivity index (χ1n) is 8.19. The van der Waals surface area contributed by atoms with Gasteiger partial charge in [-0.3, -0.25) is 0 Å². The van der Waals surface area contributed by atoms with Crippen LogP contribution in [0.15, 0.2) is 24.3 Å². The number of piperidine rings is 1. The van der Waals surface area contributed by atoms with Gasteiger partial charge in [-0.25, -0.2) is 4.79 Å². The number of benzene rings is 1. The zero-order chi connectivity index (χ0) is 16.8. The highest BCUT2D eigenvalue weighted by Crippen LogP contribution is 2.21. The van der Waals surface area contributed by atoms with Crippen molar-refractivity contribution in [3.8, 4) is 5.75 Å². The third-order valence-corrected chi connectivity index (χ3v) is 4.13. The number of nitrogens with zero attached hydrogens (tertiary/aromatic N) is 1. The summed E-state index contributed by atoms with van der Waals surface area (Å²) < 4.78 is 10.3. The Morgan fingerprint density at radius 1 is 1.26 bits per heavy atom. The van der Waals surface area contributed by atoms with Crippen molar-refractivity contribution in [1.82, 2.24) is 4.90 Å². The Labute approximate surface area is 138 Å². The predicted octanol–water partition coefficient (Wildman–Crippen LogP) is 2.19. The maximum atomic E-state index is 11.4. The van der Waals surface area contributed by atoms with Gasteiger partial charge in [-0.2, -0.15) is 0 Å². The van der Waals surface area contributed by atoms with Crippen molar-refractivity contribution in [2.45, 2.75) is 26.4 Å². The fraction of sp³-hybridized carbons (Fsp3) is 0.611. The second-order valence-electron chi connectivity index (χ2n) is 6.65. The van der Waals surface area contributed by atoms with Crippen LogP contribution in [0, 0.1) is 11.8 Å². The smallest absolute Gasteiger partial charge is 0.337 e. The summed E-state index contributed by atoms with van der Waals surface area (Å²) in [5.41, 5.74) is 0.483. The van der Waals surface area contributed by atoms with Crippen molar-refractivity contribution < 1.29 is 19.4 Å². The first-order valence-corrected chi connectivity index (χ1v) is 8.19. The molecule has 3 atom stereocenters. The second kappa shape index (κ2) is 8.31. The van der Waals surface area contributed by atoms with Gasteiger partial charge in [-0.15, -0.1) is 0 Å². The molecule has 0 radical (unpaired) electrons. The third-order valence-electron chi connectivity index (χ3n) is 4.13. The van der Waals surface area contributed by atoms with Crippen molar-refractivity contribution in [3.63, 3.8) is 0 Å². The molecule has 23 heavy (non-hydrogen) atoms. The lowest BCUT2D eigenvalue weighted by atomic mass is 9.92. The van der Waals surface area contributed by atoms with Crippen LogP contribution in [0.5, 0.6) is 5.75 Å². The van der Waals surface area contributed by atoms with Gasteiger partial charge in [0.1, 0.15) is 18.5 Å². The Morgan fingerprint density at radius 3 is 2.43 bits per heavy atom. The molecule has 1 aromatic carbocycles. The summed E-state index contributed by atoms with van der Waals surface area (Å²) in [6.45, 7) is 7.47. The lowest BCUT2D eigenvalue weighted by Crippen LogP contribution is -2.43. The standard InChI is InChI=1S/C18H27NO4/c1-13-8-14(2)10-19(9-13)11-16(20)12-23-17-6-4-15(5-7-17)18(21)22-3/h4-7,13-14,16,20H,8-12H2,1-3H3. The molecule has 0 aliphatic carbocycles. The number of hydrogen-bond acceptors (Lipinski definition) is 5. The molecule has 5 heteroatoms. The Morgan fingerprint density at radius 2 is 1.87 bits per heavy atom. The van der Waals surface area contributed by atoms with E-state index in [-0.39, 0.29) is 12.6 Å². The number of aliphatic hydroxyl groups is 1. The zero-order valence-electron chi connectivity index (χ0n) is 14.2. The topological polar surface area (TPSA) is 59.0 Å². The lowest BCUT2D eigenvalue weighted by Gasteiger charge is -2.35. The molecule has 128 valence electrons. The fourth-order valence-corrected chi connectivity index (χ4v) is 3.29. The van der Waals surface area contributed by atoms with E-state index in [0.29, 0.717) is 29.7 Å². The molecule has 1 saturated heterocycles. The number of ether oxygens (including phenoxy) is 2. The van der Waals surface area contributed by atoms with Crippen molar-refractivity contribution in [2.75, 3.05) is 33.4 Å². The van der Waals surface area contributed by atoms with Gasteiger partial charge in [0.05, 0.1) is 12.7 Å². The predicted molar refractivity (Wildman–Crippen MR) is 88.7 cm³/mol. The van der Waals surface area contributed by atoms with Gasteiger partial charge in [0.25, 0.3) is 0 Å². The van der Waals surface area contributed by atoms with Gasteiger partial charge >= 0.3 is 5.97 Å². The number of likely N-dealkylation sites (tertiary alicyclic amines) is 1. The van der Waals surface area contributed by atoms with Gasteiger partial charge < -0.3 is 19.5 Å². The number of β-amino-alcohol motifs (C(OH)–C–C–N with tert-alkyl or cyclic N) is 1. The molecule has 5 nitrogen and oxygen atoms in total. The SMILES string of the molecule is COC(=O)c1ccc(OCC(O)CN2CC(C)CC(C)C2)cc1. The van der Waals surface area contributed by atoms with Crippen LogP contribution in [0.3, 0.4) is 0 Å². The largest absolute Gasteiger partial charge is 0.491 e. The van der Waals surface area contributed by atoms with Crippen LogP contribution in [-0.4, -0.2) is 55.4 Å². The quantitative estimate of drug-likeness (QED) is 0.814. The number of hydrogen-bond donors (Lipinski definition) is 1. The van der Waals surface area contributed by atoms with Gasteiger partial charge in [0.2, 0.25) is 0 Å². The molecule has 0 saturated carbocycles. The Hall–Kier alpha value is -1.59. The minimum absolute atomic E-state index is 0.247. The highest BCUT2D eigenvalue weighted by atomic mass is 16.5. The summed E-state index contributed by atoms with van der Waals surface area (Å²) in [6.07, 6.45) is 0.739. The Bertz CT molecular complexity index is 492. The van der Waals surface area contributed by atoms with Gasteiger partial charge in [-0.1, -0.05) is 13.8 Å². The molecular weight excluding hydrogens is 294 g/mol. The van der Waals surface area contributed by atoms with Gasteiger partial charge in [0, 0.05) is 19.6 Å². The molecule has 0 aromatic heterocycles. The van der Waals surface area contributed by atoms with Crippen LogP contribution in [0.2, 0.25) is 0 Å². The molecule has 1 aliphatic heterocycles. The maximum Gasteiger partial charge on any atom is 0.337 e. The number of methoxy groups -OCH3 is 1. The fourth-order valence-electron chi connectivity index (χ4n) is 3.29. The minimum Gasteiger partial charge on any atom is -0.491 e. The lowest BCUT2D eigenvalue weighted by molar-refractivity contribution is 0.0428. The van der Waals surface area contributed by atoms with Crippen molar-refractivity contribution in [2.24, 2.45) is 11.8 Å². The van der Waals surface area contributed by atoms with E-state index >= 15 is 0 Å². The molecule has 1 aromatic rings. The number of rotatable bonds is 6. The van der Waals surface area contributed by atoms with Crippen molar-refractivity contribution in [1.29, 1.82) is 0 Å². The minimum atomic E-state index is -0.521. The van der Waals surface area contributed by atoms with Crippen LogP contribution in [-0.2, 0) is 4.74 Å². The molecule has 1 fully saturated rings. The van der Waals surface area contributed by atoms with Crippen LogP contribution < -0.4 is 4.74 Å². The maximum absolute atomic E-state index is 11.4. The highest BCUT2D eigenvalue weighted by Gasteiger charge is 2.23. The number of aliphatic hydroxyl groups excluding tert-OH is 1. The Balaban J connectivity index is 1.77. The molecule has 1 aliphatic rings. The van der Waals surface area contributed by atoms with Crippen LogP contribution in [0.25, 0.3) is 0 Å². The summed E-state index contributed by atoms with van der Waals surface area (Å²) in [5, 5.41) is 10.2. The van der Waals surface area contributed by atoms with Crippen LogP contribution in [0.1, 0.15) is 30.6 Å². The first-order chi connectivity index (χ1) is 11.0. The zero-order valence-corrected chi connectivity index (χ0v) is 14.2. The molecular formula is C18H27NO4. The number of carbonyl (C=O) groups excluding carboxylic acids is 1. The van der Waals surface area contributed by atoms with E-state index in [1.807, 2.05) is 0 Å². The number of carbonyl (C=O) groups is 1. The first kappa shape index (κ1) is 17.8. The monoisotopic (exact) mass is 321 g/mol. The van der Waals surface area contributed by atoms with E-state index < -0.39 is 6.10 Å². The summed E-state index contributed by atoms with van der Waals surface area (Å²) in [4.78, 5) is 13.7. The summed E-state index contributed by atoms with van der Waals surface area (Å²) >= 11 is 0. The average molecular weight is 321 g/mol. The molecule has 1 N–H and O–H groups in total. The molecule has 1 heterocycles. The van der Waals surface area contributed by atoms with E-state index in [0.717, 1.165) is 13.1 Å². The third kappa shape index (κ3) is 5.52. The average Bonchev–Trinajstić information content (AvgIpc) is 2.51. The Kier molecular flexibility index (Phi) is 6.42. The molecule has 0 amide bonds. The second-order valence-corrected chi connectivity index (χ2v) is 6.65. The van der Waals surface area contributed by atoms with E-state index in [1.165, 1.54) is 13.5 Å². The van der Waals surface area contributed by atoms with Gasteiger partial charge in [-0.05, 0) is 42.5 Å². The van der Waals surface area contributed by atoms with E-state index in [9.17, 15) is 9.90 Å². The normalized spacial score (nSPS) is 23.3. The summed E-state index contributed by atoms with van der Waals surface area (Å²) in [5.74, 6) is 1.62. The summed E-state index contributed by atoms with van der Waals surface area (Å²) in [6, 6.07) is 6.73. The van der Waals surface area contributed by atoms with Crippen LogP contribution in [0.4, 0.5) is 0 Å². The summed E-state index contributed by atoms with van der Waals surface area (Å²) in [7, 11) is 1.35. The molecule has 0 bridgehead atoms. The van der Waals surface area contributed by atoms with E-state index in [2.05, 4.69) is 23.5 Å². The van der Waals surface area contributed by atoms with Crippen molar-refractivity contribution in [3.05, 3.63) is 29.8 Å². The van der Waals surface area contributed by atoms with Crippen molar-refractivity contribution >= 4 is 5.97 Å². The number of esters is 1. The molecule has 3 unspecified atom stereocenters. The van der Waals surface area contributed by atoms with E-state index in [1.54, 1.807) is 24.3 Å². The highest BCUT2D eigenvalue weighted by molar-refractivity contribution is 5.89. The molecule has 2 rings (SSSR count). The van der Waals surface area contributed by atoms with Crippen LogP contribution >= 0.6 is 0 Å². The molecule has 0 spiro atoms.